The smallest absolute Gasteiger partial charge is 0.326 e. The van der Waals surface area contributed by atoms with E-state index in [4.69, 9.17) is 0 Å². The lowest BCUT2D eigenvalue weighted by molar-refractivity contribution is -0.141. The number of carbonyl (C=O) groups is 2. The molecule has 1 aromatic rings. The summed E-state index contributed by atoms with van der Waals surface area (Å²) in [5.41, 5.74) is 2.74. The largest absolute Gasteiger partial charge is 0.480 e. The number of aryl methyl sites for hydroxylation is 2. The van der Waals surface area contributed by atoms with E-state index in [0.717, 1.165) is 19.3 Å². The third-order valence-corrected chi connectivity index (χ3v) is 3.74. The average molecular weight is 290 g/mol. The summed E-state index contributed by atoms with van der Waals surface area (Å²) >= 11 is 0. The molecule has 1 aromatic carbocycles. The Bertz CT molecular complexity index is 561. The number of carboxylic acids is 1. The van der Waals surface area contributed by atoms with Gasteiger partial charge in [-0.15, -0.1) is 0 Å². The number of hydrogen-bond acceptors (Lipinski definition) is 2. The molecule has 1 aliphatic carbocycles. The van der Waals surface area contributed by atoms with Crippen LogP contribution >= 0.6 is 0 Å². The van der Waals surface area contributed by atoms with Gasteiger partial charge in [0.2, 0.25) is 0 Å². The van der Waals surface area contributed by atoms with Gasteiger partial charge in [0.15, 0.2) is 0 Å². The van der Waals surface area contributed by atoms with Crippen molar-refractivity contribution in [3.63, 3.8) is 0 Å². The number of nitrogens with one attached hydrogen (secondary N) is 2. The van der Waals surface area contributed by atoms with E-state index in [1.54, 1.807) is 20.8 Å². The molecule has 1 atom stereocenters. The molecule has 0 heterocycles. The molecule has 0 unspecified atom stereocenters. The third-order valence-electron chi connectivity index (χ3n) is 3.74. The third kappa shape index (κ3) is 3.74. The van der Waals surface area contributed by atoms with Gasteiger partial charge in [-0.2, -0.15) is 0 Å². The molecule has 3 N–H and O–H groups in total. The Morgan fingerprint density at radius 3 is 2.48 bits per heavy atom. The summed E-state index contributed by atoms with van der Waals surface area (Å²) in [6.07, 6.45) is 3.27. The van der Waals surface area contributed by atoms with Gasteiger partial charge in [0.05, 0.1) is 0 Å². The predicted octanol–water partition coefficient (Wildman–Crippen LogP) is 2.80. The maximum atomic E-state index is 12.0. The summed E-state index contributed by atoms with van der Waals surface area (Å²) in [6, 6.07) is 4.42. The van der Waals surface area contributed by atoms with E-state index >= 15 is 0 Å². The Balaban J connectivity index is 2.03. The minimum absolute atomic E-state index is 0.490. The van der Waals surface area contributed by atoms with E-state index in [2.05, 4.69) is 10.6 Å². The second kappa shape index (κ2) is 5.76. The average Bonchev–Trinajstić information content (AvgIpc) is 2.81. The SMILES string of the molecule is CC(C)(C)[C@H](NC(=O)Nc1ccc2c(c1)CCC2)C(=O)O. The van der Waals surface area contributed by atoms with Crippen LogP contribution in [0.4, 0.5) is 10.5 Å². The molecule has 2 amide bonds. The van der Waals surface area contributed by atoms with Crippen molar-refractivity contribution in [2.75, 3.05) is 5.32 Å². The number of rotatable bonds is 3. The molecule has 21 heavy (non-hydrogen) atoms. The van der Waals surface area contributed by atoms with Gasteiger partial charge in [0.25, 0.3) is 0 Å². The van der Waals surface area contributed by atoms with Crippen LogP contribution in [0.25, 0.3) is 0 Å². The Kier molecular flexibility index (Phi) is 4.21. The molecule has 114 valence electrons. The maximum Gasteiger partial charge on any atom is 0.326 e. The summed E-state index contributed by atoms with van der Waals surface area (Å²) in [7, 11) is 0. The van der Waals surface area contributed by atoms with Crippen LogP contribution in [0.1, 0.15) is 38.3 Å². The predicted molar refractivity (Wildman–Crippen MR) is 81.5 cm³/mol. The molecule has 0 saturated heterocycles. The van der Waals surface area contributed by atoms with Gasteiger partial charge in [-0.1, -0.05) is 26.8 Å². The quantitative estimate of drug-likeness (QED) is 0.801. The second-order valence-electron chi connectivity index (χ2n) is 6.57. The van der Waals surface area contributed by atoms with Crippen LogP contribution in [0, 0.1) is 5.41 Å². The van der Waals surface area contributed by atoms with Crippen molar-refractivity contribution < 1.29 is 14.7 Å². The normalized spacial score (nSPS) is 15.2. The Hall–Kier alpha value is -2.04. The number of anilines is 1. The lowest BCUT2D eigenvalue weighted by Crippen LogP contribution is -2.50. The minimum atomic E-state index is -1.04. The Morgan fingerprint density at radius 1 is 1.19 bits per heavy atom. The number of amides is 2. The monoisotopic (exact) mass is 290 g/mol. The fourth-order valence-electron chi connectivity index (χ4n) is 2.60. The van der Waals surface area contributed by atoms with E-state index in [1.807, 2.05) is 18.2 Å². The first-order valence-corrected chi connectivity index (χ1v) is 7.19. The van der Waals surface area contributed by atoms with E-state index in [1.165, 1.54) is 11.1 Å². The van der Waals surface area contributed by atoms with Gasteiger partial charge >= 0.3 is 12.0 Å². The van der Waals surface area contributed by atoms with Crippen molar-refractivity contribution in [1.82, 2.24) is 5.32 Å². The van der Waals surface area contributed by atoms with Crippen LogP contribution in [-0.4, -0.2) is 23.1 Å². The van der Waals surface area contributed by atoms with Gasteiger partial charge in [-0.05, 0) is 47.9 Å². The summed E-state index contributed by atoms with van der Waals surface area (Å²) < 4.78 is 0. The highest BCUT2D eigenvalue weighted by atomic mass is 16.4. The highest BCUT2D eigenvalue weighted by Gasteiger charge is 2.32. The molecule has 0 aliphatic heterocycles. The second-order valence-corrected chi connectivity index (χ2v) is 6.57. The Morgan fingerprint density at radius 2 is 1.86 bits per heavy atom. The number of hydrogen-bond donors (Lipinski definition) is 3. The molecular weight excluding hydrogens is 268 g/mol. The fraction of sp³-hybridized carbons (Fsp3) is 0.500. The maximum absolute atomic E-state index is 12.0. The van der Waals surface area contributed by atoms with E-state index < -0.39 is 23.5 Å². The van der Waals surface area contributed by atoms with Crippen molar-refractivity contribution in [3.05, 3.63) is 29.3 Å². The summed E-state index contributed by atoms with van der Waals surface area (Å²) in [4.78, 5) is 23.2. The zero-order chi connectivity index (χ0) is 15.6. The number of carbonyl (C=O) groups excluding carboxylic acids is 1. The number of fused-ring (bicyclic) bond motifs is 1. The first-order chi connectivity index (χ1) is 9.77. The summed E-state index contributed by atoms with van der Waals surface area (Å²) in [5, 5.41) is 14.4. The minimum Gasteiger partial charge on any atom is -0.480 e. The zero-order valence-corrected chi connectivity index (χ0v) is 12.7. The van der Waals surface area contributed by atoms with Gasteiger partial charge in [0, 0.05) is 5.69 Å². The molecule has 0 spiro atoms. The summed E-state index contributed by atoms with van der Waals surface area (Å²) in [5.74, 6) is -1.04. The molecule has 1 aliphatic rings. The fourth-order valence-corrected chi connectivity index (χ4v) is 2.60. The van der Waals surface area contributed by atoms with Crippen LogP contribution in [0.2, 0.25) is 0 Å². The highest BCUT2D eigenvalue weighted by Crippen LogP contribution is 2.25. The van der Waals surface area contributed by atoms with Crippen molar-refractivity contribution in [2.45, 2.75) is 46.1 Å². The van der Waals surface area contributed by atoms with E-state index in [-0.39, 0.29) is 0 Å². The topological polar surface area (TPSA) is 78.4 Å². The molecule has 0 bridgehead atoms. The van der Waals surface area contributed by atoms with Gasteiger partial charge in [-0.3, -0.25) is 0 Å². The van der Waals surface area contributed by atoms with Crippen molar-refractivity contribution in [2.24, 2.45) is 5.41 Å². The number of aliphatic carboxylic acids is 1. The van der Waals surface area contributed by atoms with Crippen LogP contribution in [0.3, 0.4) is 0 Å². The van der Waals surface area contributed by atoms with Gasteiger partial charge < -0.3 is 15.7 Å². The molecule has 2 rings (SSSR count). The lowest BCUT2D eigenvalue weighted by atomic mass is 9.87. The van der Waals surface area contributed by atoms with Crippen molar-refractivity contribution in [1.29, 1.82) is 0 Å². The van der Waals surface area contributed by atoms with Gasteiger partial charge in [0.1, 0.15) is 6.04 Å². The molecule has 0 saturated carbocycles. The van der Waals surface area contributed by atoms with Crippen LogP contribution < -0.4 is 10.6 Å². The summed E-state index contributed by atoms with van der Waals surface area (Å²) in [6.45, 7) is 5.34. The first kappa shape index (κ1) is 15.4. The highest BCUT2D eigenvalue weighted by molar-refractivity contribution is 5.92. The molecule has 5 heteroatoms. The number of urea groups is 1. The Labute approximate surface area is 124 Å². The standard InChI is InChI=1S/C16H22N2O3/c1-16(2,3)13(14(19)20)18-15(21)17-12-8-7-10-5-4-6-11(10)9-12/h7-9,13H,4-6H2,1-3H3,(H,19,20)(H2,17,18,21)/t13-/m1/s1. The van der Waals surface area contributed by atoms with Crippen molar-refractivity contribution >= 4 is 17.7 Å². The lowest BCUT2D eigenvalue weighted by Gasteiger charge is -2.27. The van der Waals surface area contributed by atoms with Crippen molar-refractivity contribution in [3.8, 4) is 0 Å². The molecule has 5 nitrogen and oxygen atoms in total. The van der Waals surface area contributed by atoms with E-state index in [0.29, 0.717) is 5.69 Å². The molecular formula is C16H22N2O3. The van der Waals surface area contributed by atoms with Crippen LogP contribution in [0.15, 0.2) is 18.2 Å². The molecule has 0 radical (unpaired) electrons. The molecule has 0 aromatic heterocycles. The van der Waals surface area contributed by atoms with Gasteiger partial charge in [-0.25, -0.2) is 9.59 Å². The van der Waals surface area contributed by atoms with E-state index in [9.17, 15) is 14.7 Å². The zero-order valence-electron chi connectivity index (χ0n) is 12.7. The van der Waals surface area contributed by atoms with Crippen LogP contribution in [-0.2, 0) is 17.6 Å². The molecule has 0 fully saturated rings. The number of benzene rings is 1. The van der Waals surface area contributed by atoms with Crippen LogP contribution in [0.5, 0.6) is 0 Å². The first-order valence-electron chi connectivity index (χ1n) is 7.19. The number of carboxylic acid groups (broad SMARTS) is 1.